The second-order valence-corrected chi connectivity index (χ2v) is 5.76. The van der Waals surface area contributed by atoms with E-state index in [0.29, 0.717) is 10.7 Å². The highest BCUT2D eigenvalue weighted by Crippen LogP contribution is 2.19. The molecule has 0 aliphatic carbocycles. The maximum absolute atomic E-state index is 12.5. The number of para-hydroxylation sites is 1. The lowest BCUT2D eigenvalue weighted by atomic mass is 10.1. The summed E-state index contributed by atoms with van der Waals surface area (Å²) < 4.78 is 0. The lowest BCUT2D eigenvalue weighted by Gasteiger charge is -2.17. The average Bonchev–Trinajstić information content (AvgIpc) is 2.62. The third-order valence-corrected chi connectivity index (χ3v) is 4.00. The van der Waals surface area contributed by atoms with E-state index in [-0.39, 0.29) is 11.5 Å². The van der Waals surface area contributed by atoms with Crippen LogP contribution in [0.25, 0.3) is 11.3 Å². The van der Waals surface area contributed by atoms with Crippen molar-refractivity contribution in [3.8, 4) is 11.3 Å². The Morgan fingerprint density at radius 3 is 2.25 bits per heavy atom. The Bertz CT molecular complexity index is 918. The number of carbonyl (C=O) groups is 1. The predicted molar refractivity (Wildman–Crippen MR) is 96.7 cm³/mol. The van der Waals surface area contributed by atoms with Crippen LogP contribution in [-0.2, 0) is 0 Å². The van der Waals surface area contributed by atoms with E-state index >= 15 is 0 Å². The van der Waals surface area contributed by atoms with Gasteiger partial charge in [-0.15, -0.1) is 0 Å². The van der Waals surface area contributed by atoms with Gasteiger partial charge in [0.15, 0.2) is 0 Å². The molecule has 0 bridgehead atoms. The lowest BCUT2D eigenvalue weighted by molar-refractivity contribution is 0.0991. The molecule has 0 unspecified atom stereocenters. The highest BCUT2D eigenvalue weighted by molar-refractivity contribution is 6.30. The van der Waals surface area contributed by atoms with Gasteiger partial charge in [-0.2, -0.15) is 0 Å². The van der Waals surface area contributed by atoms with Crippen molar-refractivity contribution in [2.45, 2.75) is 0 Å². The van der Waals surface area contributed by atoms with Gasteiger partial charge in [0.25, 0.3) is 11.5 Å². The molecule has 0 saturated carbocycles. The highest BCUT2D eigenvalue weighted by atomic mass is 35.5. The Hall–Kier alpha value is -2.85. The Labute approximate surface area is 144 Å². The number of aromatic nitrogens is 1. The van der Waals surface area contributed by atoms with Crippen LogP contribution in [0, 0.1) is 0 Å². The van der Waals surface area contributed by atoms with Gasteiger partial charge in [-0.1, -0.05) is 41.9 Å². The van der Waals surface area contributed by atoms with Gasteiger partial charge in [0.05, 0.1) is 0 Å². The van der Waals surface area contributed by atoms with Gasteiger partial charge in [-0.05, 0) is 42.0 Å². The fourth-order valence-corrected chi connectivity index (χ4v) is 2.52. The first kappa shape index (κ1) is 16.0. The molecule has 24 heavy (non-hydrogen) atoms. The molecule has 0 fully saturated rings. The monoisotopic (exact) mass is 338 g/mol. The fourth-order valence-electron chi connectivity index (χ4n) is 2.39. The number of hydrogen-bond acceptors (Lipinski definition) is 2. The average molecular weight is 339 g/mol. The molecule has 5 heteroatoms. The van der Waals surface area contributed by atoms with Crippen molar-refractivity contribution in [2.24, 2.45) is 0 Å². The van der Waals surface area contributed by atoms with E-state index in [1.807, 2.05) is 42.5 Å². The maximum Gasteiger partial charge on any atom is 0.263 e. The van der Waals surface area contributed by atoms with Crippen molar-refractivity contribution in [3.05, 3.63) is 87.7 Å². The summed E-state index contributed by atoms with van der Waals surface area (Å²) in [5.41, 5.74) is 1.86. The second-order valence-electron chi connectivity index (χ2n) is 5.32. The summed E-state index contributed by atoms with van der Waals surface area (Å²) in [5.74, 6) is -0.356. The summed E-state index contributed by atoms with van der Waals surface area (Å²) in [6, 6.07) is 19.6. The minimum Gasteiger partial charge on any atom is -0.321 e. The summed E-state index contributed by atoms with van der Waals surface area (Å²) in [5, 5.41) is 0.623. The van der Waals surface area contributed by atoms with Crippen LogP contribution in [0.2, 0.25) is 5.02 Å². The van der Waals surface area contributed by atoms with E-state index in [1.165, 1.54) is 4.90 Å². The molecule has 3 rings (SSSR count). The zero-order valence-corrected chi connectivity index (χ0v) is 13.7. The van der Waals surface area contributed by atoms with Crippen molar-refractivity contribution >= 4 is 23.2 Å². The minimum absolute atomic E-state index is 0.0964. The molecule has 1 aromatic heterocycles. The number of halogens is 1. The van der Waals surface area contributed by atoms with Crippen molar-refractivity contribution in [1.29, 1.82) is 0 Å². The smallest absolute Gasteiger partial charge is 0.263 e. The van der Waals surface area contributed by atoms with E-state index in [9.17, 15) is 9.59 Å². The second kappa shape index (κ2) is 6.72. The van der Waals surface area contributed by atoms with Crippen LogP contribution in [0.15, 0.2) is 71.5 Å². The molecule has 1 N–H and O–H groups in total. The third-order valence-electron chi connectivity index (χ3n) is 3.74. The molecule has 0 spiro atoms. The van der Waals surface area contributed by atoms with Crippen LogP contribution in [0.1, 0.15) is 10.4 Å². The summed E-state index contributed by atoms with van der Waals surface area (Å²) in [7, 11) is 1.64. The largest absolute Gasteiger partial charge is 0.321 e. The molecule has 1 amide bonds. The summed E-state index contributed by atoms with van der Waals surface area (Å²) in [4.78, 5) is 29.1. The SMILES string of the molecule is CN(C(=O)c1ccc(-c2ccc(Cl)cc2)[nH]c1=O)c1ccccc1. The van der Waals surface area contributed by atoms with Crippen LogP contribution in [-0.4, -0.2) is 17.9 Å². The predicted octanol–water partition coefficient (Wildman–Crippen LogP) is 3.97. The van der Waals surface area contributed by atoms with Gasteiger partial charge in [0.1, 0.15) is 5.56 Å². The first-order valence-corrected chi connectivity index (χ1v) is 7.76. The number of nitrogens with zero attached hydrogens (tertiary/aromatic N) is 1. The number of benzene rings is 2. The van der Waals surface area contributed by atoms with E-state index in [2.05, 4.69) is 4.98 Å². The van der Waals surface area contributed by atoms with E-state index in [0.717, 1.165) is 11.3 Å². The molecule has 0 atom stereocenters. The highest BCUT2D eigenvalue weighted by Gasteiger charge is 2.17. The minimum atomic E-state index is -0.421. The lowest BCUT2D eigenvalue weighted by Crippen LogP contribution is -2.31. The van der Waals surface area contributed by atoms with Gasteiger partial charge in [-0.25, -0.2) is 0 Å². The molecule has 0 aliphatic rings. The number of anilines is 1. The summed E-state index contributed by atoms with van der Waals surface area (Å²) in [6.45, 7) is 0. The Kier molecular flexibility index (Phi) is 4.49. The number of hydrogen-bond donors (Lipinski definition) is 1. The van der Waals surface area contributed by atoms with Crippen LogP contribution in [0.4, 0.5) is 5.69 Å². The van der Waals surface area contributed by atoms with Crippen molar-refractivity contribution in [3.63, 3.8) is 0 Å². The summed E-state index contributed by atoms with van der Waals surface area (Å²) in [6.07, 6.45) is 0. The maximum atomic E-state index is 12.5. The van der Waals surface area contributed by atoms with Crippen molar-refractivity contribution in [1.82, 2.24) is 4.98 Å². The zero-order chi connectivity index (χ0) is 17.1. The molecule has 120 valence electrons. The molecule has 2 aromatic carbocycles. The summed E-state index contributed by atoms with van der Waals surface area (Å²) >= 11 is 5.87. The standard InChI is InChI=1S/C19H15ClN2O2/c1-22(15-5-3-2-4-6-15)19(24)16-11-12-17(21-18(16)23)13-7-9-14(20)10-8-13/h2-12H,1H3,(H,21,23). The molecular formula is C19H15ClN2O2. The van der Waals surface area contributed by atoms with Crippen molar-refractivity contribution in [2.75, 3.05) is 11.9 Å². The van der Waals surface area contributed by atoms with Crippen LogP contribution >= 0.6 is 11.6 Å². The van der Waals surface area contributed by atoms with Gasteiger partial charge >= 0.3 is 0 Å². The molecule has 0 saturated heterocycles. The number of rotatable bonds is 3. The van der Waals surface area contributed by atoms with Gasteiger partial charge in [0.2, 0.25) is 0 Å². The van der Waals surface area contributed by atoms with Crippen LogP contribution < -0.4 is 10.5 Å². The Balaban J connectivity index is 1.91. The van der Waals surface area contributed by atoms with Crippen LogP contribution in [0.5, 0.6) is 0 Å². The quantitative estimate of drug-likeness (QED) is 0.785. The normalized spacial score (nSPS) is 10.4. The Morgan fingerprint density at radius 1 is 0.958 bits per heavy atom. The molecule has 1 heterocycles. The van der Waals surface area contributed by atoms with Crippen LogP contribution in [0.3, 0.4) is 0 Å². The topological polar surface area (TPSA) is 53.2 Å². The van der Waals surface area contributed by atoms with Gasteiger partial charge in [-0.3, -0.25) is 9.59 Å². The Morgan fingerprint density at radius 2 is 1.62 bits per heavy atom. The third kappa shape index (κ3) is 3.24. The molecule has 3 aromatic rings. The molecule has 0 radical (unpaired) electrons. The van der Waals surface area contributed by atoms with Crippen molar-refractivity contribution < 1.29 is 4.79 Å². The number of carbonyl (C=O) groups excluding carboxylic acids is 1. The van der Waals surface area contributed by atoms with E-state index in [4.69, 9.17) is 11.6 Å². The number of amides is 1. The fraction of sp³-hybridized carbons (Fsp3) is 0.0526. The molecule has 4 nitrogen and oxygen atoms in total. The van der Waals surface area contributed by atoms with E-state index < -0.39 is 5.56 Å². The first-order valence-electron chi connectivity index (χ1n) is 7.38. The molecular weight excluding hydrogens is 324 g/mol. The van der Waals surface area contributed by atoms with E-state index in [1.54, 1.807) is 31.3 Å². The zero-order valence-electron chi connectivity index (χ0n) is 13.0. The van der Waals surface area contributed by atoms with Gasteiger partial charge < -0.3 is 9.88 Å². The number of aromatic amines is 1. The number of H-pyrrole nitrogens is 1. The van der Waals surface area contributed by atoms with Gasteiger partial charge in [0, 0.05) is 23.5 Å². The number of pyridine rings is 1. The number of nitrogens with one attached hydrogen (secondary N) is 1. The molecule has 0 aliphatic heterocycles. The first-order chi connectivity index (χ1) is 11.6.